The predicted octanol–water partition coefficient (Wildman–Crippen LogP) is 0.912. The van der Waals surface area contributed by atoms with Crippen molar-refractivity contribution in [1.29, 1.82) is 0 Å². The van der Waals surface area contributed by atoms with E-state index in [0.717, 1.165) is 0 Å². The molecule has 2 rings (SSSR count). The van der Waals surface area contributed by atoms with E-state index in [0.29, 0.717) is 5.56 Å². The molecule has 0 radical (unpaired) electrons. The molecule has 1 aliphatic carbocycles. The molecule has 0 amide bonds. The summed E-state index contributed by atoms with van der Waals surface area (Å²) < 4.78 is 14.4. The number of methoxy groups -OCH3 is 2. The van der Waals surface area contributed by atoms with E-state index in [1.165, 1.54) is 26.5 Å². The lowest BCUT2D eigenvalue weighted by Gasteiger charge is -2.25. The van der Waals surface area contributed by atoms with Gasteiger partial charge in [-0.25, -0.2) is 0 Å². The van der Waals surface area contributed by atoms with E-state index < -0.39 is 23.8 Å². The Hall–Kier alpha value is -2.11. The Bertz CT molecular complexity index is 500. The molecule has 0 fully saturated rings. The molecule has 0 aromatic carbocycles. The molecule has 1 aliphatic rings. The summed E-state index contributed by atoms with van der Waals surface area (Å²) >= 11 is 0. The SMILES string of the molecule is COC(=O)C1CC(=O)c2ccoc2C1C(=O)OC. The zero-order chi connectivity index (χ0) is 13.3. The number of carbonyl (C=O) groups is 3. The molecule has 2 atom stereocenters. The highest BCUT2D eigenvalue weighted by atomic mass is 16.5. The highest BCUT2D eigenvalue weighted by molar-refractivity contribution is 6.04. The molecule has 96 valence electrons. The van der Waals surface area contributed by atoms with Gasteiger partial charge < -0.3 is 13.9 Å². The third kappa shape index (κ3) is 1.79. The second-order valence-electron chi connectivity index (χ2n) is 3.96. The standard InChI is InChI=1S/C12H12O6/c1-16-11(14)7-5-8(13)6-3-4-18-10(6)9(7)12(15)17-2/h3-4,7,9H,5H2,1-2H3. The molecular weight excluding hydrogens is 240 g/mol. The van der Waals surface area contributed by atoms with E-state index in [-0.39, 0.29) is 18.0 Å². The van der Waals surface area contributed by atoms with Crippen molar-refractivity contribution in [3.8, 4) is 0 Å². The molecule has 6 heteroatoms. The van der Waals surface area contributed by atoms with E-state index in [9.17, 15) is 14.4 Å². The number of esters is 2. The minimum absolute atomic E-state index is 0.0844. The Labute approximate surface area is 103 Å². The zero-order valence-electron chi connectivity index (χ0n) is 9.97. The fourth-order valence-electron chi connectivity index (χ4n) is 2.17. The van der Waals surface area contributed by atoms with Crippen molar-refractivity contribution in [3.63, 3.8) is 0 Å². The van der Waals surface area contributed by atoms with Crippen molar-refractivity contribution < 1.29 is 28.3 Å². The van der Waals surface area contributed by atoms with Crippen LogP contribution in [0.2, 0.25) is 0 Å². The number of carbonyl (C=O) groups excluding carboxylic acids is 3. The van der Waals surface area contributed by atoms with Gasteiger partial charge in [0, 0.05) is 6.42 Å². The first-order valence-corrected chi connectivity index (χ1v) is 5.36. The summed E-state index contributed by atoms with van der Waals surface area (Å²) in [4.78, 5) is 35.2. The number of ether oxygens (including phenoxy) is 2. The quantitative estimate of drug-likeness (QED) is 0.727. The monoisotopic (exact) mass is 252 g/mol. The van der Waals surface area contributed by atoms with Crippen molar-refractivity contribution in [1.82, 2.24) is 0 Å². The summed E-state index contributed by atoms with van der Waals surface area (Å²) in [5.41, 5.74) is 0.325. The summed E-state index contributed by atoms with van der Waals surface area (Å²) in [5, 5.41) is 0. The Morgan fingerprint density at radius 1 is 1.28 bits per heavy atom. The topological polar surface area (TPSA) is 82.8 Å². The third-order valence-electron chi connectivity index (χ3n) is 3.04. The summed E-state index contributed by atoms with van der Waals surface area (Å²) in [6.45, 7) is 0. The first-order valence-electron chi connectivity index (χ1n) is 5.36. The van der Waals surface area contributed by atoms with Gasteiger partial charge in [0.2, 0.25) is 0 Å². The maximum absolute atomic E-state index is 11.8. The smallest absolute Gasteiger partial charge is 0.317 e. The summed E-state index contributed by atoms with van der Waals surface area (Å²) in [7, 11) is 2.43. The van der Waals surface area contributed by atoms with Crippen LogP contribution in [0.1, 0.15) is 28.5 Å². The summed E-state index contributed by atoms with van der Waals surface area (Å²) in [5.74, 6) is -3.13. The van der Waals surface area contributed by atoms with Crippen molar-refractivity contribution in [2.24, 2.45) is 5.92 Å². The molecule has 0 saturated heterocycles. The number of ketones is 1. The van der Waals surface area contributed by atoms with Crippen LogP contribution in [-0.4, -0.2) is 31.9 Å². The van der Waals surface area contributed by atoms with Gasteiger partial charge in [0.15, 0.2) is 5.78 Å². The maximum Gasteiger partial charge on any atom is 0.317 e. The Balaban J connectivity index is 2.47. The van der Waals surface area contributed by atoms with Crippen molar-refractivity contribution in [2.75, 3.05) is 14.2 Å². The Morgan fingerprint density at radius 2 is 1.94 bits per heavy atom. The van der Waals surface area contributed by atoms with E-state index in [1.54, 1.807) is 0 Å². The molecule has 0 bridgehead atoms. The van der Waals surface area contributed by atoms with Crippen LogP contribution in [0.3, 0.4) is 0 Å². The minimum atomic E-state index is -0.926. The van der Waals surface area contributed by atoms with Crippen molar-refractivity contribution >= 4 is 17.7 Å². The molecule has 2 unspecified atom stereocenters. The molecule has 18 heavy (non-hydrogen) atoms. The molecule has 6 nitrogen and oxygen atoms in total. The van der Waals surface area contributed by atoms with Crippen LogP contribution >= 0.6 is 0 Å². The van der Waals surface area contributed by atoms with Crippen molar-refractivity contribution in [2.45, 2.75) is 12.3 Å². The highest BCUT2D eigenvalue weighted by Crippen LogP contribution is 2.38. The molecule has 0 N–H and O–H groups in total. The molecule has 0 saturated carbocycles. The van der Waals surface area contributed by atoms with Gasteiger partial charge >= 0.3 is 11.9 Å². The lowest BCUT2D eigenvalue weighted by atomic mass is 9.78. The zero-order valence-corrected chi connectivity index (χ0v) is 9.97. The second kappa shape index (κ2) is 4.64. The van der Waals surface area contributed by atoms with Crippen molar-refractivity contribution in [3.05, 3.63) is 23.7 Å². The van der Waals surface area contributed by atoms with Crippen LogP contribution in [0.15, 0.2) is 16.7 Å². The van der Waals surface area contributed by atoms with Gasteiger partial charge in [0.25, 0.3) is 0 Å². The normalized spacial score (nSPS) is 22.2. The van der Waals surface area contributed by atoms with Gasteiger partial charge in [0.1, 0.15) is 11.7 Å². The fraction of sp³-hybridized carbons (Fsp3) is 0.417. The molecular formula is C12H12O6. The average Bonchev–Trinajstić information content (AvgIpc) is 2.86. The van der Waals surface area contributed by atoms with E-state index >= 15 is 0 Å². The highest BCUT2D eigenvalue weighted by Gasteiger charge is 2.46. The number of rotatable bonds is 2. The number of hydrogen-bond donors (Lipinski definition) is 0. The minimum Gasteiger partial charge on any atom is -0.469 e. The van der Waals surface area contributed by atoms with E-state index in [4.69, 9.17) is 4.42 Å². The van der Waals surface area contributed by atoms with Crippen LogP contribution < -0.4 is 0 Å². The molecule has 1 aromatic heterocycles. The predicted molar refractivity (Wildman–Crippen MR) is 57.9 cm³/mol. The van der Waals surface area contributed by atoms with E-state index in [1.807, 2.05) is 0 Å². The molecule has 1 heterocycles. The Morgan fingerprint density at radius 3 is 2.56 bits per heavy atom. The molecule has 0 spiro atoms. The first kappa shape index (κ1) is 12.3. The van der Waals surface area contributed by atoms with Gasteiger partial charge in [-0.2, -0.15) is 0 Å². The summed E-state index contributed by atoms with van der Waals surface area (Å²) in [6, 6.07) is 1.49. The Kier molecular flexibility index (Phi) is 3.18. The number of hydrogen-bond acceptors (Lipinski definition) is 6. The third-order valence-corrected chi connectivity index (χ3v) is 3.04. The second-order valence-corrected chi connectivity index (χ2v) is 3.96. The van der Waals surface area contributed by atoms with Gasteiger partial charge in [-0.3, -0.25) is 14.4 Å². The number of Topliss-reactive ketones (excluding diaryl/α,β-unsaturated/α-hetero) is 1. The molecule has 1 aromatic rings. The fourth-order valence-corrected chi connectivity index (χ4v) is 2.17. The van der Waals surface area contributed by atoms with Crippen LogP contribution in [0.25, 0.3) is 0 Å². The van der Waals surface area contributed by atoms with Gasteiger partial charge in [0.05, 0.1) is 32.0 Å². The van der Waals surface area contributed by atoms with Crippen LogP contribution in [-0.2, 0) is 19.1 Å². The van der Waals surface area contributed by atoms with E-state index in [2.05, 4.69) is 9.47 Å². The molecule has 0 aliphatic heterocycles. The number of furan rings is 1. The largest absolute Gasteiger partial charge is 0.469 e. The first-order chi connectivity index (χ1) is 8.60. The number of fused-ring (bicyclic) bond motifs is 1. The van der Waals surface area contributed by atoms with Crippen LogP contribution in [0.4, 0.5) is 0 Å². The van der Waals surface area contributed by atoms with Gasteiger partial charge in [-0.1, -0.05) is 0 Å². The lowest BCUT2D eigenvalue weighted by molar-refractivity contribution is -0.154. The lowest BCUT2D eigenvalue weighted by Crippen LogP contribution is -2.35. The van der Waals surface area contributed by atoms with Gasteiger partial charge in [-0.05, 0) is 6.07 Å². The van der Waals surface area contributed by atoms with Crippen LogP contribution in [0.5, 0.6) is 0 Å². The van der Waals surface area contributed by atoms with Crippen LogP contribution in [0, 0.1) is 5.92 Å². The average molecular weight is 252 g/mol. The van der Waals surface area contributed by atoms with Gasteiger partial charge in [-0.15, -0.1) is 0 Å². The maximum atomic E-state index is 11.8. The summed E-state index contributed by atoms with van der Waals surface area (Å²) in [6.07, 6.45) is 1.23.